The molecule has 3 aromatic rings. The SMILES string of the molecule is Cc1nnc(N(C)C)c2nn(-c3ccccc3OCC3CCNCC3)c(C)c12. The predicted molar refractivity (Wildman–Crippen MR) is 112 cm³/mol. The van der Waals surface area contributed by atoms with Gasteiger partial charge in [-0.15, -0.1) is 5.10 Å². The van der Waals surface area contributed by atoms with Crippen LogP contribution in [0.3, 0.4) is 0 Å². The van der Waals surface area contributed by atoms with Crippen LogP contribution >= 0.6 is 0 Å². The number of para-hydroxylation sites is 2. The summed E-state index contributed by atoms with van der Waals surface area (Å²) < 4.78 is 8.22. The molecule has 0 unspecified atom stereocenters. The Bertz CT molecular complexity index is 974. The highest BCUT2D eigenvalue weighted by molar-refractivity contribution is 5.92. The first kappa shape index (κ1) is 18.7. The lowest BCUT2D eigenvalue weighted by molar-refractivity contribution is 0.214. The van der Waals surface area contributed by atoms with E-state index in [0.29, 0.717) is 5.92 Å². The smallest absolute Gasteiger partial charge is 0.179 e. The van der Waals surface area contributed by atoms with Crippen molar-refractivity contribution in [2.24, 2.45) is 5.92 Å². The lowest BCUT2D eigenvalue weighted by atomic mass is 9.99. The van der Waals surface area contributed by atoms with E-state index in [1.54, 1.807) is 0 Å². The number of nitrogens with one attached hydrogen (secondary N) is 1. The van der Waals surface area contributed by atoms with Crippen LogP contribution in [-0.2, 0) is 0 Å². The van der Waals surface area contributed by atoms with Gasteiger partial charge in [0, 0.05) is 14.1 Å². The summed E-state index contributed by atoms with van der Waals surface area (Å²) in [6, 6.07) is 8.12. The predicted octanol–water partition coefficient (Wildman–Crippen LogP) is 2.88. The number of rotatable bonds is 5. The Morgan fingerprint density at radius 2 is 1.89 bits per heavy atom. The van der Waals surface area contributed by atoms with Crippen molar-refractivity contribution in [3.8, 4) is 11.4 Å². The Morgan fingerprint density at radius 1 is 1.14 bits per heavy atom. The molecule has 0 bridgehead atoms. The van der Waals surface area contributed by atoms with Crippen LogP contribution in [0.25, 0.3) is 16.6 Å². The van der Waals surface area contributed by atoms with Crippen LogP contribution in [0.1, 0.15) is 24.2 Å². The molecule has 1 aromatic carbocycles. The monoisotopic (exact) mass is 380 g/mol. The fourth-order valence-corrected chi connectivity index (χ4v) is 3.86. The lowest BCUT2D eigenvalue weighted by Crippen LogP contribution is -2.30. The third kappa shape index (κ3) is 3.42. The van der Waals surface area contributed by atoms with E-state index in [1.807, 2.05) is 48.8 Å². The van der Waals surface area contributed by atoms with Crippen molar-refractivity contribution in [3.63, 3.8) is 0 Å². The molecule has 1 aliphatic rings. The van der Waals surface area contributed by atoms with E-state index in [4.69, 9.17) is 9.84 Å². The van der Waals surface area contributed by atoms with Gasteiger partial charge in [0.25, 0.3) is 0 Å². The summed E-state index contributed by atoms with van der Waals surface area (Å²) in [6.07, 6.45) is 2.32. The molecule has 0 aliphatic carbocycles. The Morgan fingerprint density at radius 3 is 2.64 bits per heavy atom. The second-order valence-electron chi connectivity index (χ2n) is 7.70. The molecule has 148 valence electrons. The van der Waals surface area contributed by atoms with Gasteiger partial charge in [0.15, 0.2) is 5.82 Å². The quantitative estimate of drug-likeness (QED) is 0.734. The van der Waals surface area contributed by atoms with Crippen molar-refractivity contribution in [2.75, 3.05) is 38.7 Å². The van der Waals surface area contributed by atoms with E-state index >= 15 is 0 Å². The minimum atomic E-state index is 0.600. The van der Waals surface area contributed by atoms with Gasteiger partial charge >= 0.3 is 0 Å². The van der Waals surface area contributed by atoms with Crippen LogP contribution < -0.4 is 15.0 Å². The van der Waals surface area contributed by atoms with Crippen LogP contribution in [0.4, 0.5) is 5.82 Å². The first-order chi connectivity index (χ1) is 13.6. The molecule has 0 spiro atoms. The summed E-state index contributed by atoms with van der Waals surface area (Å²) in [5.74, 6) is 2.24. The fraction of sp³-hybridized carbons (Fsp3) is 0.476. The maximum atomic E-state index is 6.26. The number of nitrogens with zero attached hydrogens (tertiary/aromatic N) is 5. The molecular weight excluding hydrogens is 352 g/mol. The Hall–Kier alpha value is -2.67. The van der Waals surface area contributed by atoms with Crippen molar-refractivity contribution in [1.82, 2.24) is 25.3 Å². The van der Waals surface area contributed by atoms with Crippen LogP contribution in [0.5, 0.6) is 5.75 Å². The van der Waals surface area contributed by atoms with E-state index < -0.39 is 0 Å². The third-order valence-electron chi connectivity index (χ3n) is 5.43. The van der Waals surface area contributed by atoms with Gasteiger partial charge in [-0.2, -0.15) is 10.2 Å². The topological polar surface area (TPSA) is 68.1 Å². The van der Waals surface area contributed by atoms with Crippen molar-refractivity contribution >= 4 is 16.7 Å². The molecule has 1 aliphatic heterocycles. The van der Waals surface area contributed by atoms with Gasteiger partial charge in [0.1, 0.15) is 17.0 Å². The average molecular weight is 380 g/mol. The highest BCUT2D eigenvalue weighted by Gasteiger charge is 2.20. The normalized spacial score (nSPS) is 15.1. The molecule has 3 heterocycles. The zero-order chi connectivity index (χ0) is 19.7. The van der Waals surface area contributed by atoms with Crippen molar-refractivity contribution in [1.29, 1.82) is 0 Å². The summed E-state index contributed by atoms with van der Waals surface area (Å²) in [4.78, 5) is 1.95. The molecule has 0 radical (unpaired) electrons. The van der Waals surface area contributed by atoms with Crippen LogP contribution in [-0.4, -0.2) is 53.8 Å². The molecule has 7 nitrogen and oxygen atoms in total. The molecule has 2 aromatic heterocycles. The van der Waals surface area contributed by atoms with E-state index in [9.17, 15) is 0 Å². The number of benzene rings is 1. The Labute approximate surface area is 165 Å². The molecule has 1 saturated heterocycles. The van der Waals surface area contributed by atoms with Crippen molar-refractivity contribution < 1.29 is 4.74 Å². The molecule has 4 rings (SSSR count). The van der Waals surface area contributed by atoms with Crippen molar-refractivity contribution in [2.45, 2.75) is 26.7 Å². The van der Waals surface area contributed by atoms with Crippen LogP contribution in [0, 0.1) is 19.8 Å². The minimum absolute atomic E-state index is 0.600. The zero-order valence-electron chi connectivity index (χ0n) is 17.1. The third-order valence-corrected chi connectivity index (χ3v) is 5.43. The Balaban J connectivity index is 1.73. The molecule has 0 amide bonds. The minimum Gasteiger partial charge on any atom is -0.491 e. The second-order valence-corrected chi connectivity index (χ2v) is 7.70. The molecule has 1 N–H and O–H groups in total. The van der Waals surface area contributed by atoms with E-state index in [1.165, 1.54) is 0 Å². The number of aromatic nitrogens is 4. The number of hydrogen-bond donors (Lipinski definition) is 1. The number of piperidine rings is 1. The molecular formula is C21H28N6O. The molecule has 0 saturated carbocycles. The molecule has 1 fully saturated rings. The van der Waals surface area contributed by atoms with Gasteiger partial charge in [-0.05, 0) is 57.8 Å². The highest BCUT2D eigenvalue weighted by atomic mass is 16.5. The van der Waals surface area contributed by atoms with Gasteiger partial charge in [-0.3, -0.25) is 0 Å². The number of anilines is 1. The summed E-state index contributed by atoms with van der Waals surface area (Å²) in [5.41, 5.74) is 3.75. The first-order valence-electron chi connectivity index (χ1n) is 9.89. The fourth-order valence-electron chi connectivity index (χ4n) is 3.86. The number of aryl methyl sites for hydroxylation is 2. The van der Waals surface area contributed by atoms with Gasteiger partial charge in [-0.1, -0.05) is 12.1 Å². The van der Waals surface area contributed by atoms with Gasteiger partial charge < -0.3 is 15.0 Å². The average Bonchev–Trinajstić information content (AvgIpc) is 3.05. The summed E-state index contributed by atoms with van der Waals surface area (Å²) >= 11 is 0. The zero-order valence-corrected chi connectivity index (χ0v) is 17.1. The first-order valence-corrected chi connectivity index (χ1v) is 9.89. The molecule has 28 heavy (non-hydrogen) atoms. The number of fused-ring (bicyclic) bond motifs is 1. The number of hydrogen-bond acceptors (Lipinski definition) is 6. The maximum Gasteiger partial charge on any atom is 0.179 e. The van der Waals surface area contributed by atoms with Gasteiger partial charge in [0.2, 0.25) is 0 Å². The summed E-state index contributed by atoms with van der Waals surface area (Å²) in [5, 5.41) is 18.0. The van der Waals surface area contributed by atoms with Gasteiger partial charge in [-0.25, -0.2) is 4.68 Å². The standard InChI is InChI=1S/C21H28N6O/c1-14-19-15(2)27(25-20(19)21(24-23-14)26(3)4)17-7-5-6-8-18(17)28-13-16-9-11-22-12-10-16/h5-8,16,22H,9-13H2,1-4H3. The molecule has 0 atom stereocenters. The maximum absolute atomic E-state index is 6.26. The second kappa shape index (κ2) is 7.75. The van der Waals surface area contributed by atoms with E-state index in [2.05, 4.69) is 28.5 Å². The summed E-state index contributed by atoms with van der Waals surface area (Å²) in [7, 11) is 3.92. The van der Waals surface area contributed by atoms with Gasteiger partial charge in [0.05, 0.1) is 23.4 Å². The number of ether oxygens (including phenoxy) is 1. The van der Waals surface area contributed by atoms with Crippen LogP contribution in [0.15, 0.2) is 24.3 Å². The van der Waals surface area contributed by atoms with Crippen LogP contribution in [0.2, 0.25) is 0 Å². The van der Waals surface area contributed by atoms with E-state index in [0.717, 1.165) is 72.1 Å². The Kier molecular flexibility index (Phi) is 5.17. The van der Waals surface area contributed by atoms with E-state index in [-0.39, 0.29) is 0 Å². The highest BCUT2D eigenvalue weighted by Crippen LogP contribution is 2.31. The largest absolute Gasteiger partial charge is 0.491 e. The lowest BCUT2D eigenvalue weighted by Gasteiger charge is -2.23. The molecule has 7 heteroatoms. The summed E-state index contributed by atoms with van der Waals surface area (Å²) in [6.45, 7) is 6.95. The van der Waals surface area contributed by atoms with Crippen molar-refractivity contribution in [3.05, 3.63) is 35.7 Å².